The number of para-hydroxylation sites is 2. The second-order valence-electron chi connectivity index (χ2n) is 6.71. The molecule has 1 heterocycles. The molecule has 128 valence electrons. The predicted molar refractivity (Wildman–Crippen MR) is 94.4 cm³/mol. The summed E-state index contributed by atoms with van der Waals surface area (Å²) < 4.78 is 15.5. The second kappa shape index (κ2) is 6.31. The van der Waals surface area contributed by atoms with Gasteiger partial charge in [-0.3, -0.25) is 4.79 Å². The molecule has 1 amide bonds. The number of hydrogen-bond acceptors (Lipinski definition) is 2. The summed E-state index contributed by atoms with van der Waals surface area (Å²) in [6, 6.07) is 14.3. The van der Waals surface area contributed by atoms with Crippen molar-refractivity contribution in [2.24, 2.45) is 0 Å². The second-order valence-corrected chi connectivity index (χ2v) is 6.71. The molecule has 1 N–H and O–H groups in total. The summed E-state index contributed by atoms with van der Waals surface area (Å²) in [4.78, 5) is 17.0. The summed E-state index contributed by atoms with van der Waals surface area (Å²) in [7, 11) is 0. The van der Waals surface area contributed by atoms with E-state index in [1.54, 1.807) is 12.4 Å². The highest BCUT2D eigenvalue weighted by molar-refractivity contribution is 5.81. The van der Waals surface area contributed by atoms with Crippen LogP contribution in [0, 0.1) is 5.82 Å². The van der Waals surface area contributed by atoms with Crippen LogP contribution in [0.3, 0.4) is 0 Å². The molecule has 4 nitrogen and oxygen atoms in total. The first-order valence-corrected chi connectivity index (χ1v) is 8.63. The first kappa shape index (κ1) is 15.8. The maximum atomic E-state index is 13.7. The third-order valence-corrected chi connectivity index (χ3v) is 5.05. The van der Waals surface area contributed by atoms with E-state index >= 15 is 0 Å². The third kappa shape index (κ3) is 3.02. The summed E-state index contributed by atoms with van der Waals surface area (Å²) in [5.74, 6) is -0.340. The molecular formula is C20H20FN3O. The Kier molecular flexibility index (Phi) is 3.99. The van der Waals surface area contributed by atoms with Gasteiger partial charge in [0.25, 0.3) is 0 Å². The highest BCUT2D eigenvalue weighted by Crippen LogP contribution is 2.39. The maximum Gasteiger partial charge on any atom is 0.240 e. The molecule has 2 aromatic carbocycles. The number of rotatable bonds is 4. The molecule has 3 aromatic rings. The number of benzene rings is 2. The topological polar surface area (TPSA) is 46.9 Å². The fourth-order valence-corrected chi connectivity index (χ4v) is 3.85. The van der Waals surface area contributed by atoms with E-state index in [9.17, 15) is 9.18 Å². The molecule has 0 unspecified atom stereocenters. The van der Waals surface area contributed by atoms with E-state index < -0.39 is 5.54 Å². The van der Waals surface area contributed by atoms with E-state index in [0.717, 1.165) is 42.3 Å². The Morgan fingerprint density at radius 3 is 2.76 bits per heavy atom. The Bertz CT molecular complexity index is 912. The lowest BCUT2D eigenvalue weighted by Crippen LogP contribution is -2.45. The summed E-state index contributed by atoms with van der Waals surface area (Å²) in [6.07, 6.45) is 5.43. The molecule has 5 heteroatoms. The van der Waals surface area contributed by atoms with Gasteiger partial charge in [0, 0.05) is 0 Å². The Morgan fingerprint density at radius 2 is 1.96 bits per heavy atom. The number of nitrogens with one attached hydrogen (secondary N) is 1. The van der Waals surface area contributed by atoms with Crippen molar-refractivity contribution in [2.75, 3.05) is 0 Å². The summed E-state index contributed by atoms with van der Waals surface area (Å²) >= 11 is 0. The monoisotopic (exact) mass is 337 g/mol. The predicted octanol–water partition coefficient (Wildman–Crippen LogP) is 3.76. The Morgan fingerprint density at radius 1 is 1.16 bits per heavy atom. The molecule has 25 heavy (non-hydrogen) atoms. The van der Waals surface area contributed by atoms with E-state index in [1.807, 2.05) is 34.9 Å². The van der Waals surface area contributed by atoms with Gasteiger partial charge in [-0.05, 0) is 42.7 Å². The van der Waals surface area contributed by atoms with E-state index in [0.29, 0.717) is 0 Å². The van der Waals surface area contributed by atoms with E-state index in [4.69, 9.17) is 0 Å². The van der Waals surface area contributed by atoms with Crippen molar-refractivity contribution in [2.45, 2.75) is 37.8 Å². The van der Waals surface area contributed by atoms with Gasteiger partial charge in [-0.15, -0.1) is 0 Å². The fourth-order valence-electron chi connectivity index (χ4n) is 3.85. The molecule has 1 aliphatic rings. The van der Waals surface area contributed by atoms with E-state index in [1.165, 1.54) is 12.1 Å². The van der Waals surface area contributed by atoms with Crippen molar-refractivity contribution in [3.8, 4) is 0 Å². The highest BCUT2D eigenvalue weighted by Gasteiger charge is 2.37. The Hall–Kier alpha value is -2.69. The normalized spacial score (nSPS) is 16.2. The van der Waals surface area contributed by atoms with Crippen LogP contribution in [0.4, 0.5) is 4.39 Å². The quantitative estimate of drug-likeness (QED) is 0.788. The molecule has 0 atom stereocenters. The SMILES string of the molecule is O=C(Cn1cnc2ccccc21)NC1(c2cccc(F)c2)CCCC1. The third-order valence-electron chi connectivity index (χ3n) is 5.05. The minimum atomic E-state index is -0.463. The van der Waals surface area contributed by atoms with Crippen molar-refractivity contribution in [3.63, 3.8) is 0 Å². The van der Waals surface area contributed by atoms with Gasteiger partial charge in [0.15, 0.2) is 0 Å². The molecule has 1 fully saturated rings. The van der Waals surface area contributed by atoms with Gasteiger partial charge in [-0.1, -0.05) is 37.1 Å². The lowest BCUT2D eigenvalue weighted by Gasteiger charge is -2.31. The number of halogens is 1. The average molecular weight is 337 g/mol. The lowest BCUT2D eigenvalue weighted by atomic mass is 9.88. The van der Waals surface area contributed by atoms with Gasteiger partial charge in [0.1, 0.15) is 12.4 Å². The van der Waals surface area contributed by atoms with Gasteiger partial charge in [-0.25, -0.2) is 9.37 Å². The van der Waals surface area contributed by atoms with Gasteiger partial charge in [-0.2, -0.15) is 0 Å². The van der Waals surface area contributed by atoms with E-state index in [2.05, 4.69) is 10.3 Å². The largest absolute Gasteiger partial charge is 0.345 e. The molecule has 0 bridgehead atoms. The van der Waals surface area contributed by atoms with Gasteiger partial charge in [0.05, 0.1) is 22.9 Å². The number of amides is 1. The van der Waals surface area contributed by atoms with Crippen LogP contribution in [0.5, 0.6) is 0 Å². The van der Waals surface area contributed by atoms with Crippen molar-refractivity contribution in [1.29, 1.82) is 0 Å². The molecule has 0 saturated heterocycles. The van der Waals surface area contributed by atoms with Crippen LogP contribution in [0.15, 0.2) is 54.9 Å². The number of hydrogen-bond donors (Lipinski definition) is 1. The molecule has 0 spiro atoms. The number of carbonyl (C=O) groups excluding carboxylic acids is 1. The molecule has 0 aliphatic heterocycles. The van der Waals surface area contributed by atoms with Crippen LogP contribution in [0.1, 0.15) is 31.2 Å². The number of fused-ring (bicyclic) bond motifs is 1. The van der Waals surface area contributed by atoms with Crippen molar-refractivity contribution in [1.82, 2.24) is 14.9 Å². The zero-order chi connectivity index (χ0) is 17.3. The fraction of sp³-hybridized carbons (Fsp3) is 0.300. The number of imidazole rings is 1. The van der Waals surface area contributed by atoms with Crippen LogP contribution in [-0.4, -0.2) is 15.5 Å². The Labute approximate surface area is 145 Å². The van der Waals surface area contributed by atoms with Gasteiger partial charge >= 0.3 is 0 Å². The first-order valence-electron chi connectivity index (χ1n) is 8.63. The smallest absolute Gasteiger partial charge is 0.240 e. The van der Waals surface area contributed by atoms with Crippen LogP contribution in [0.25, 0.3) is 11.0 Å². The first-order chi connectivity index (χ1) is 12.2. The van der Waals surface area contributed by atoms with Crippen molar-refractivity contribution >= 4 is 16.9 Å². The minimum absolute atomic E-state index is 0.0747. The molecule has 0 radical (unpaired) electrons. The van der Waals surface area contributed by atoms with Crippen LogP contribution in [-0.2, 0) is 16.9 Å². The van der Waals surface area contributed by atoms with Crippen molar-refractivity contribution < 1.29 is 9.18 Å². The number of aromatic nitrogens is 2. The van der Waals surface area contributed by atoms with E-state index in [-0.39, 0.29) is 18.3 Å². The summed E-state index contributed by atoms with van der Waals surface area (Å²) in [5, 5.41) is 3.18. The number of nitrogens with zero attached hydrogens (tertiary/aromatic N) is 2. The number of carbonyl (C=O) groups is 1. The minimum Gasteiger partial charge on any atom is -0.345 e. The van der Waals surface area contributed by atoms with Crippen LogP contribution in [0.2, 0.25) is 0 Å². The molecule has 1 aromatic heterocycles. The van der Waals surface area contributed by atoms with Crippen molar-refractivity contribution in [3.05, 3.63) is 66.2 Å². The molecule has 4 rings (SSSR count). The Balaban J connectivity index is 1.57. The molecule has 1 aliphatic carbocycles. The highest BCUT2D eigenvalue weighted by atomic mass is 19.1. The standard InChI is InChI=1S/C20H20FN3O/c21-16-7-5-6-15(12-16)20(10-3-4-11-20)23-19(25)13-24-14-22-17-8-1-2-9-18(17)24/h1-2,5-9,12,14H,3-4,10-11,13H2,(H,23,25). The average Bonchev–Trinajstić information content (AvgIpc) is 3.23. The van der Waals surface area contributed by atoms with Gasteiger partial charge in [0.2, 0.25) is 5.91 Å². The lowest BCUT2D eigenvalue weighted by molar-refractivity contribution is -0.123. The summed E-state index contributed by atoms with van der Waals surface area (Å²) in [6.45, 7) is 0.206. The summed E-state index contributed by atoms with van der Waals surface area (Å²) in [5.41, 5.74) is 2.20. The molecule has 1 saturated carbocycles. The maximum absolute atomic E-state index is 13.7. The van der Waals surface area contributed by atoms with Crippen LogP contribution >= 0.6 is 0 Å². The zero-order valence-corrected chi connectivity index (χ0v) is 13.9. The zero-order valence-electron chi connectivity index (χ0n) is 13.9. The van der Waals surface area contributed by atoms with Crippen LogP contribution < -0.4 is 5.32 Å². The molecular weight excluding hydrogens is 317 g/mol. The van der Waals surface area contributed by atoms with Gasteiger partial charge < -0.3 is 9.88 Å².